The summed E-state index contributed by atoms with van der Waals surface area (Å²) in [6.07, 6.45) is 2.61. The number of hydrogen-bond acceptors (Lipinski definition) is 0. The molecule has 0 saturated carbocycles. The first-order valence-corrected chi connectivity index (χ1v) is 6.27. The second-order valence-electron chi connectivity index (χ2n) is 5.34. The molecular formula is C16H42. The quantitative estimate of drug-likeness (QED) is 0.480. The van der Waals surface area contributed by atoms with Crippen molar-refractivity contribution in [1.29, 1.82) is 0 Å². The maximum absolute atomic E-state index is 2.22. The van der Waals surface area contributed by atoms with Crippen LogP contribution in [0.5, 0.6) is 0 Å². The Labute approximate surface area is 108 Å². The molecule has 0 aliphatic rings. The van der Waals surface area contributed by atoms with E-state index in [1.165, 1.54) is 12.8 Å². The Morgan fingerprint density at radius 1 is 0.562 bits per heavy atom. The summed E-state index contributed by atoms with van der Waals surface area (Å²) in [5.41, 5.74) is 0. The monoisotopic (exact) mass is 234 g/mol. The average molecular weight is 235 g/mol. The molecule has 0 heteroatoms. The Morgan fingerprint density at radius 2 is 0.625 bits per heavy atom. The lowest BCUT2D eigenvalue weighted by Crippen LogP contribution is -1.77. The minimum absolute atomic E-state index is 0. The molecule has 0 saturated heterocycles. The molecule has 0 aromatic heterocycles. The van der Waals surface area contributed by atoms with E-state index < -0.39 is 0 Å². The predicted molar refractivity (Wildman–Crippen MR) is 84.2 cm³/mol. The Bertz CT molecular complexity index is 59.4. The summed E-state index contributed by atoms with van der Waals surface area (Å²) in [6, 6.07) is 0. The molecule has 0 radical (unpaired) electrons. The molecular weight excluding hydrogens is 192 g/mol. The molecule has 0 aromatic rings. The molecule has 16 heavy (non-hydrogen) atoms. The van der Waals surface area contributed by atoms with Gasteiger partial charge >= 0.3 is 0 Å². The van der Waals surface area contributed by atoms with Crippen LogP contribution < -0.4 is 0 Å². The smallest absolute Gasteiger partial charge is 0.0474 e. The van der Waals surface area contributed by atoms with Crippen molar-refractivity contribution < 1.29 is 0 Å². The summed E-state index contributed by atoms with van der Waals surface area (Å²) in [5, 5.41) is 0. The zero-order valence-corrected chi connectivity index (χ0v) is 12.1. The standard InChI is InChI=1S/2C5H12.C4H10.2CH4/c2*1-4-5(2)3;1-4(2)3;;/h2*5H,4H2,1-3H3;4H,1-3H3;2*1H4. The van der Waals surface area contributed by atoms with Gasteiger partial charge in [0.1, 0.15) is 0 Å². The van der Waals surface area contributed by atoms with Crippen LogP contribution in [0.3, 0.4) is 0 Å². The van der Waals surface area contributed by atoms with Crippen molar-refractivity contribution in [1.82, 2.24) is 0 Å². The largest absolute Gasteiger partial charge is 0.0776 e. The summed E-state index contributed by atoms with van der Waals surface area (Å²) < 4.78 is 0. The van der Waals surface area contributed by atoms with E-state index in [0.717, 1.165) is 17.8 Å². The summed E-state index contributed by atoms with van der Waals surface area (Å²) in [6.45, 7) is 19.8. The molecule has 0 amide bonds. The van der Waals surface area contributed by atoms with Crippen molar-refractivity contribution in [3.8, 4) is 0 Å². The highest BCUT2D eigenvalue weighted by Crippen LogP contribution is 1.94. The van der Waals surface area contributed by atoms with Crippen LogP contribution in [0.25, 0.3) is 0 Å². The highest BCUT2D eigenvalue weighted by molar-refractivity contribution is 4.33. The lowest BCUT2D eigenvalue weighted by Gasteiger charge is -1.90. The van der Waals surface area contributed by atoms with Gasteiger partial charge in [-0.25, -0.2) is 0 Å². The van der Waals surface area contributed by atoms with Crippen LogP contribution in [0.15, 0.2) is 0 Å². The normalized spacial score (nSPS) is 8.25. The van der Waals surface area contributed by atoms with Crippen LogP contribution in [-0.2, 0) is 0 Å². The summed E-state index contributed by atoms with van der Waals surface area (Å²) in [7, 11) is 0. The second-order valence-corrected chi connectivity index (χ2v) is 5.34. The number of hydrogen-bond donors (Lipinski definition) is 0. The van der Waals surface area contributed by atoms with E-state index in [-0.39, 0.29) is 14.9 Å². The molecule has 106 valence electrons. The third kappa shape index (κ3) is 148. The molecule has 0 aliphatic carbocycles. The molecule has 0 aliphatic heterocycles. The fourth-order valence-electron chi connectivity index (χ4n) is 0. The molecule has 0 spiro atoms. The molecule has 0 nitrogen and oxygen atoms in total. The molecule has 0 rings (SSSR count). The Kier molecular flexibility index (Phi) is 45.2. The Morgan fingerprint density at radius 3 is 0.625 bits per heavy atom. The van der Waals surface area contributed by atoms with Crippen LogP contribution in [0.4, 0.5) is 0 Å². The fraction of sp³-hybridized carbons (Fsp3) is 1.00. The zero-order valence-electron chi connectivity index (χ0n) is 12.1. The van der Waals surface area contributed by atoms with Crippen molar-refractivity contribution in [2.24, 2.45) is 17.8 Å². The van der Waals surface area contributed by atoms with Gasteiger partial charge in [0, 0.05) is 0 Å². The van der Waals surface area contributed by atoms with E-state index >= 15 is 0 Å². The van der Waals surface area contributed by atoms with Crippen molar-refractivity contribution in [3.63, 3.8) is 0 Å². The van der Waals surface area contributed by atoms with Gasteiger partial charge in [-0.2, -0.15) is 0 Å². The van der Waals surface area contributed by atoms with Gasteiger partial charge in [0.15, 0.2) is 0 Å². The van der Waals surface area contributed by atoms with Crippen molar-refractivity contribution in [3.05, 3.63) is 0 Å². The van der Waals surface area contributed by atoms with Gasteiger partial charge in [-0.1, -0.05) is 90.0 Å². The third-order valence-corrected chi connectivity index (χ3v) is 1.63. The van der Waals surface area contributed by atoms with E-state index in [1.54, 1.807) is 0 Å². The minimum atomic E-state index is 0. The third-order valence-electron chi connectivity index (χ3n) is 1.63. The highest BCUT2D eigenvalue weighted by atomic mass is 13.9. The molecule has 0 N–H and O–H groups in total. The molecule has 0 heterocycles. The van der Waals surface area contributed by atoms with Crippen molar-refractivity contribution in [2.45, 2.75) is 90.0 Å². The van der Waals surface area contributed by atoms with Gasteiger partial charge in [-0.3, -0.25) is 0 Å². The van der Waals surface area contributed by atoms with Gasteiger partial charge in [0.25, 0.3) is 0 Å². The van der Waals surface area contributed by atoms with Gasteiger partial charge in [0.05, 0.1) is 0 Å². The predicted octanol–water partition coefficient (Wildman–Crippen LogP) is 7.04. The van der Waals surface area contributed by atoms with E-state index in [2.05, 4.69) is 62.3 Å². The maximum atomic E-state index is 2.22. The second kappa shape index (κ2) is 24.3. The Balaban J connectivity index is -0.0000000358. The van der Waals surface area contributed by atoms with Crippen LogP contribution in [0.1, 0.15) is 90.0 Å². The SMILES string of the molecule is C.C.CC(C)C.CCC(C)C.CCC(C)C. The Hall–Kier alpha value is 0. The summed E-state index contributed by atoms with van der Waals surface area (Å²) in [5.74, 6) is 2.60. The number of rotatable bonds is 2. The molecule has 0 unspecified atom stereocenters. The summed E-state index contributed by atoms with van der Waals surface area (Å²) >= 11 is 0. The molecule has 0 aromatic carbocycles. The lowest BCUT2D eigenvalue weighted by molar-refractivity contribution is 0.626. The first kappa shape index (κ1) is 29.8. The van der Waals surface area contributed by atoms with Gasteiger partial charge in [-0.15, -0.1) is 0 Å². The van der Waals surface area contributed by atoms with E-state index in [4.69, 9.17) is 0 Å². The van der Waals surface area contributed by atoms with Crippen LogP contribution in [0.2, 0.25) is 0 Å². The summed E-state index contributed by atoms with van der Waals surface area (Å²) in [4.78, 5) is 0. The van der Waals surface area contributed by atoms with E-state index in [0.29, 0.717) is 0 Å². The van der Waals surface area contributed by atoms with Crippen molar-refractivity contribution in [2.75, 3.05) is 0 Å². The first-order chi connectivity index (χ1) is 6.27. The fourth-order valence-corrected chi connectivity index (χ4v) is 0. The van der Waals surface area contributed by atoms with E-state index in [1.807, 2.05) is 0 Å². The average Bonchev–Trinajstić information content (AvgIpc) is 2.04. The van der Waals surface area contributed by atoms with Crippen LogP contribution in [0, 0.1) is 17.8 Å². The highest BCUT2D eigenvalue weighted by Gasteiger charge is 1.80. The molecule has 0 fully saturated rings. The van der Waals surface area contributed by atoms with E-state index in [9.17, 15) is 0 Å². The first-order valence-electron chi connectivity index (χ1n) is 6.27. The molecule has 0 atom stereocenters. The topological polar surface area (TPSA) is 0 Å². The maximum Gasteiger partial charge on any atom is -0.0474 e. The molecule has 0 bridgehead atoms. The minimum Gasteiger partial charge on any atom is -0.0776 e. The van der Waals surface area contributed by atoms with Crippen molar-refractivity contribution >= 4 is 0 Å². The van der Waals surface area contributed by atoms with Gasteiger partial charge in [-0.05, 0) is 17.8 Å². The zero-order chi connectivity index (χ0) is 12.1. The lowest BCUT2D eigenvalue weighted by atomic mass is 10.2. The van der Waals surface area contributed by atoms with Crippen LogP contribution >= 0.6 is 0 Å². The van der Waals surface area contributed by atoms with Crippen LogP contribution in [-0.4, -0.2) is 0 Å². The van der Waals surface area contributed by atoms with Gasteiger partial charge in [0.2, 0.25) is 0 Å². The van der Waals surface area contributed by atoms with Gasteiger partial charge < -0.3 is 0 Å².